The van der Waals surface area contributed by atoms with Gasteiger partial charge in [0.1, 0.15) is 0 Å². The molecule has 4 heteroatoms. The third-order valence-corrected chi connectivity index (χ3v) is 3.48. The van der Waals surface area contributed by atoms with Crippen LogP contribution in [-0.2, 0) is 9.53 Å². The van der Waals surface area contributed by atoms with Crippen molar-refractivity contribution in [3.63, 3.8) is 0 Å². The SMILES string of the molecule is CCC[C@@H]1C(C(=[N+]=[N-])C(=O)OCC)[C@@H]1CCC. The first kappa shape index (κ1) is 13.9. The summed E-state index contributed by atoms with van der Waals surface area (Å²) in [6, 6.07) is 0. The highest BCUT2D eigenvalue weighted by atomic mass is 16.5. The lowest BCUT2D eigenvalue weighted by Gasteiger charge is -1.96. The molecule has 0 aromatic rings. The second-order valence-corrected chi connectivity index (χ2v) is 4.64. The maximum Gasteiger partial charge on any atom is 0.417 e. The number of rotatable bonds is 7. The first-order valence-electron chi connectivity index (χ1n) is 6.60. The predicted octanol–water partition coefficient (Wildman–Crippen LogP) is 2.68. The van der Waals surface area contributed by atoms with Gasteiger partial charge in [-0.15, -0.1) is 0 Å². The molecule has 96 valence electrons. The molecule has 0 aliphatic heterocycles. The van der Waals surface area contributed by atoms with Crippen molar-refractivity contribution in [3.05, 3.63) is 5.53 Å². The molecule has 1 rings (SSSR count). The molecule has 0 saturated heterocycles. The maximum absolute atomic E-state index is 11.6. The largest absolute Gasteiger partial charge is 0.457 e. The monoisotopic (exact) mass is 238 g/mol. The van der Waals surface area contributed by atoms with Gasteiger partial charge in [0.2, 0.25) is 0 Å². The molecule has 1 aliphatic carbocycles. The van der Waals surface area contributed by atoms with Crippen molar-refractivity contribution >= 4 is 11.7 Å². The summed E-state index contributed by atoms with van der Waals surface area (Å²) >= 11 is 0. The first-order valence-corrected chi connectivity index (χ1v) is 6.60. The fourth-order valence-electron chi connectivity index (χ4n) is 2.75. The van der Waals surface area contributed by atoms with Crippen molar-refractivity contribution in [2.24, 2.45) is 17.8 Å². The standard InChI is InChI=1S/C13H22N2O2/c1-4-7-9-10(8-5-2)11(9)12(15-14)13(16)17-6-3/h9-11H,4-8H2,1-3H3/t9-,10+,11?. The molecule has 0 aromatic carbocycles. The minimum absolute atomic E-state index is 0.110. The van der Waals surface area contributed by atoms with E-state index in [1.165, 1.54) is 0 Å². The molecule has 1 unspecified atom stereocenters. The molecule has 4 nitrogen and oxygen atoms in total. The van der Waals surface area contributed by atoms with Crippen LogP contribution >= 0.6 is 0 Å². The zero-order chi connectivity index (χ0) is 12.8. The summed E-state index contributed by atoms with van der Waals surface area (Å²) in [4.78, 5) is 14.8. The molecule has 3 atom stereocenters. The first-order chi connectivity index (χ1) is 8.21. The van der Waals surface area contributed by atoms with Crippen LogP contribution < -0.4 is 0 Å². The van der Waals surface area contributed by atoms with E-state index in [1.807, 2.05) is 0 Å². The molecular weight excluding hydrogens is 216 g/mol. The van der Waals surface area contributed by atoms with Crippen molar-refractivity contribution in [1.82, 2.24) is 0 Å². The third-order valence-electron chi connectivity index (χ3n) is 3.48. The topological polar surface area (TPSA) is 62.7 Å². The van der Waals surface area contributed by atoms with E-state index in [0.29, 0.717) is 18.4 Å². The lowest BCUT2D eigenvalue weighted by Crippen LogP contribution is -2.22. The number of carbonyl (C=O) groups is 1. The third kappa shape index (κ3) is 3.16. The van der Waals surface area contributed by atoms with Crippen LogP contribution in [0, 0.1) is 17.8 Å². The van der Waals surface area contributed by atoms with Crippen molar-refractivity contribution < 1.29 is 14.3 Å². The highest BCUT2D eigenvalue weighted by Crippen LogP contribution is 2.52. The summed E-state index contributed by atoms with van der Waals surface area (Å²) in [5.41, 5.74) is 9.22. The number of nitrogens with zero attached hydrogens (tertiary/aromatic N) is 2. The lowest BCUT2D eigenvalue weighted by molar-refractivity contribution is -0.140. The smallest absolute Gasteiger partial charge is 0.417 e. The maximum atomic E-state index is 11.6. The number of hydrogen-bond donors (Lipinski definition) is 0. The van der Waals surface area contributed by atoms with E-state index in [0.717, 1.165) is 25.7 Å². The van der Waals surface area contributed by atoms with Gasteiger partial charge in [-0.3, -0.25) is 0 Å². The van der Waals surface area contributed by atoms with Crippen LogP contribution in [-0.4, -0.2) is 23.1 Å². The van der Waals surface area contributed by atoms with Crippen LogP contribution in [0.4, 0.5) is 0 Å². The number of carbonyl (C=O) groups excluding carboxylic acids is 1. The normalized spacial score (nSPS) is 26.2. The summed E-state index contributed by atoms with van der Waals surface area (Å²) in [6.45, 7) is 6.35. The molecule has 0 amide bonds. The average Bonchev–Trinajstić information content (AvgIpc) is 2.95. The Morgan fingerprint density at radius 2 is 1.71 bits per heavy atom. The predicted molar refractivity (Wildman–Crippen MR) is 65.5 cm³/mol. The van der Waals surface area contributed by atoms with E-state index in [2.05, 4.69) is 18.6 Å². The molecule has 0 aromatic heterocycles. The van der Waals surface area contributed by atoms with Gasteiger partial charge in [-0.05, 0) is 31.6 Å². The molecule has 1 aliphatic rings. The lowest BCUT2D eigenvalue weighted by atomic mass is 10.1. The van der Waals surface area contributed by atoms with Crippen molar-refractivity contribution in [2.75, 3.05) is 6.61 Å². The Bertz CT molecular complexity index is 309. The number of esters is 1. The van der Waals surface area contributed by atoms with Crippen LogP contribution in [0.15, 0.2) is 0 Å². The van der Waals surface area contributed by atoms with E-state index in [1.54, 1.807) is 6.92 Å². The minimum Gasteiger partial charge on any atom is -0.457 e. The molecule has 0 spiro atoms. The van der Waals surface area contributed by atoms with Gasteiger partial charge in [0.15, 0.2) is 0 Å². The fourth-order valence-corrected chi connectivity index (χ4v) is 2.75. The Hall–Kier alpha value is -1.15. The Labute approximate surface area is 103 Å². The molecule has 0 heterocycles. The van der Waals surface area contributed by atoms with Crippen molar-refractivity contribution in [3.8, 4) is 0 Å². The van der Waals surface area contributed by atoms with Gasteiger partial charge in [0, 0.05) is 0 Å². The van der Waals surface area contributed by atoms with Gasteiger partial charge < -0.3 is 10.3 Å². The van der Waals surface area contributed by atoms with Crippen molar-refractivity contribution in [1.29, 1.82) is 0 Å². The Balaban J connectivity index is 2.69. The second kappa shape index (κ2) is 6.55. The molecule has 1 fully saturated rings. The van der Waals surface area contributed by atoms with Gasteiger partial charge in [-0.1, -0.05) is 26.7 Å². The molecule has 1 saturated carbocycles. The van der Waals surface area contributed by atoms with E-state index < -0.39 is 5.97 Å². The Morgan fingerprint density at radius 3 is 2.06 bits per heavy atom. The van der Waals surface area contributed by atoms with Crippen LogP contribution in [0.5, 0.6) is 0 Å². The quantitative estimate of drug-likeness (QED) is 0.296. The fraction of sp³-hybridized carbons (Fsp3) is 0.846. The summed E-state index contributed by atoms with van der Waals surface area (Å²) in [5, 5.41) is 0. The van der Waals surface area contributed by atoms with E-state index in [-0.39, 0.29) is 11.6 Å². The highest BCUT2D eigenvalue weighted by Gasteiger charge is 2.58. The van der Waals surface area contributed by atoms with Gasteiger partial charge >= 0.3 is 11.7 Å². The molecule has 0 N–H and O–H groups in total. The molecule has 0 radical (unpaired) electrons. The van der Waals surface area contributed by atoms with Gasteiger partial charge in [-0.25, -0.2) is 4.79 Å². The number of hydrogen-bond acceptors (Lipinski definition) is 2. The van der Waals surface area contributed by atoms with E-state index >= 15 is 0 Å². The van der Waals surface area contributed by atoms with Crippen LogP contribution in [0.3, 0.4) is 0 Å². The average molecular weight is 238 g/mol. The van der Waals surface area contributed by atoms with Gasteiger partial charge in [0.25, 0.3) is 0 Å². The summed E-state index contributed by atoms with van der Waals surface area (Å²) < 4.78 is 4.92. The van der Waals surface area contributed by atoms with Crippen molar-refractivity contribution in [2.45, 2.75) is 46.5 Å². The van der Waals surface area contributed by atoms with E-state index in [4.69, 9.17) is 10.3 Å². The molecule has 17 heavy (non-hydrogen) atoms. The number of ether oxygens (including phenoxy) is 1. The summed E-state index contributed by atoms with van der Waals surface area (Å²) in [6.07, 6.45) is 4.38. The van der Waals surface area contributed by atoms with Gasteiger partial charge in [-0.2, -0.15) is 4.79 Å². The van der Waals surface area contributed by atoms with Crippen LogP contribution in [0.25, 0.3) is 5.53 Å². The Kier molecular flexibility index (Phi) is 5.36. The van der Waals surface area contributed by atoms with Crippen LogP contribution in [0.2, 0.25) is 0 Å². The van der Waals surface area contributed by atoms with Crippen LogP contribution in [0.1, 0.15) is 46.5 Å². The highest BCUT2D eigenvalue weighted by molar-refractivity contribution is 6.35. The molecule has 0 bridgehead atoms. The second-order valence-electron chi connectivity index (χ2n) is 4.64. The minimum atomic E-state index is -0.459. The zero-order valence-corrected chi connectivity index (χ0v) is 11.0. The zero-order valence-electron chi connectivity index (χ0n) is 11.0. The molecular formula is C13H22N2O2. The summed E-state index contributed by atoms with van der Waals surface area (Å²) in [5.74, 6) is 0.643. The summed E-state index contributed by atoms with van der Waals surface area (Å²) in [7, 11) is 0. The Morgan fingerprint density at radius 1 is 1.18 bits per heavy atom. The van der Waals surface area contributed by atoms with Gasteiger partial charge in [0.05, 0.1) is 12.5 Å². The van der Waals surface area contributed by atoms with E-state index in [9.17, 15) is 4.79 Å².